The third-order valence-electron chi connectivity index (χ3n) is 4.08. The van der Waals surface area contributed by atoms with Crippen LogP contribution in [0.3, 0.4) is 0 Å². The van der Waals surface area contributed by atoms with E-state index in [2.05, 4.69) is 32.0 Å². The fourth-order valence-electron chi connectivity index (χ4n) is 2.76. The Hall–Kier alpha value is -2.13. The zero-order chi connectivity index (χ0) is 16.6. The van der Waals surface area contributed by atoms with Crippen LogP contribution in [0.4, 0.5) is 5.00 Å². The summed E-state index contributed by atoms with van der Waals surface area (Å²) in [6.45, 7) is 4.20. The molecular weight excluding hydrogens is 302 g/mol. The van der Waals surface area contributed by atoms with Gasteiger partial charge in [-0.2, -0.15) is 0 Å². The first-order valence-electron chi connectivity index (χ1n) is 7.85. The Morgan fingerprint density at radius 2 is 1.78 bits per heavy atom. The van der Waals surface area contributed by atoms with Gasteiger partial charge in [0, 0.05) is 29.7 Å². The summed E-state index contributed by atoms with van der Waals surface area (Å²) in [6, 6.07) is 14.3. The summed E-state index contributed by atoms with van der Waals surface area (Å²) in [7, 11) is 3.99. The summed E-state index contributed by atoms with van der Waals surface area (Å²) in [5, 5.41) is 2.07. The van der Waals surface area contributed by atoms with Crippen molar-refractivity contribution < 1.29 is 4.79 Å². The Balaban J connectivity index is 2.16. The number of rotatable bonds is 4. The molecule has 0 atom stereocenters. The molecule has 0 saturated carbocycles. The van der Waals surface area contributed by atoms with E-state index in [0.29, 0.717) is 0 Å². The van der Waals surface area contributed by atoms with Crippen LogP contribution in [0.2, 0.25) is 0 Å². The molecule has 3 rings (SSSR count). The maximum Gasteiger partial charge on any atom is 0.196 e. The molecule has 0 aliphatic rings. The van der Waals surface area contributed by atoms with Gasteiger partial charge in [-0.15, -0.1) is 11.3 Å². The highest BCUT2D eigenvalue weighted by Crippen LogP contribution is 2.39. The first kappa shape index (κ1) is 15.8. The molecule has 1 heterocycles. The third-order valence-corrected chi connectivity index (χ3v) is 5.40. The molecule has 0 fully saturated rings. The van der Waals surface area contributed by atoms with Crippen LogP contribution in [0, 0.1) is 6.92 Å². The number of benzene rings is 2. The van der Waals surface area contributed by atoms with Crippen LogP contribution in [-0.4, -0.2) is 19.9 Å². The van der Waals surface area contributed by atoms with Gasteiger partial charge in [0.2, 0.25) is 0 Å². The lowest BCUT2D eigenvalue weighted by molar-refractivity contribution is 0.104. The first-order chi connectivity index (χ1) is 11.0. The molecule has 3 heteroatoms. The molecule has 0 amide bonds. The van der Waals surface area contributed by atoms with E-state index in [1.807, 2.05) is 43.3 Å². The number of fused-ring (bicyclic) bond motifs is 1. The highest BCUT2D eigenvalue weighted by Gasteiger charge is 2.21. The molecule has 2 aromatic carbocycles. The van der Waals surface area contributed by atoms with Gasteiger partial charge in [-0.05, 0) is 30.5 Å². The highest BCUT2D eigenvalue weighted by molar-refractivity contribution is 7.23. The Kier molecular flexibility index (Phi) is 4.22. The molecule has 23 heavy (non-hydrogen) atoms. The predicted octanol–water partition coefficient (Wildman–Crippen LogP) is 5.07. The monoisotopic (exact) mass is 323 g/mol. The number of ketones is 1. The molecule has 0 aliphatic carbocycles. The van der Waals surface area contributed by atoms with Crippen molar-refractivity contribution >= 4 is 32.2 Å². The Labute approximate surface area is 141 Å². The summed E-state index contributed by atoms with van der Waals surface area (Å²) >= 11 is 1.68. The second-order valence-electron chi connectivity index (χ2n) is 6.06. The molecule has 0 unspecified atom stereocenters. The lowest BCUT2D eigenvalue weighted by Crippen LogP contribution is -2.12. The Bertz CT molecular complexity index is 859. The number of hydrogen-bond donors (Lipinski definition) is 0. The number of carbonyl (C=O) groups is 1. The van der Waals surface area contributed by atoms with Crippen molar-refractivity contribution in [3.05, 3.63) is 64.7 Å². The summed E-state index contributed by atoms with van der Waals surface area (Å²) in [5.41, 5.74) is 4.04. The van der Waals surface area contributed by atoms with Gasteiger partial charge in [-0.25, -0.2) is 0 Å². The van der Waals surface area contributed by atoms with E-state index in [0.717, 1.165) is 27.9 Å². The second kappa shape index (κ2) is 6.17. The van der Waals surface area contributed by atoms with Gasteiger partial charge in [0.05, 0.1) is 5.56 Å². The molecule has 1 aromatic heterocycles. The minimum Gasteiger partial charge on any atom is -0.369 e. The van der Waals surface area contributed by atoms with Crippen molar-refractivity contribution in [1.82, 2.24) is 0 Å². The minimum atomic E-state index is 0.103. The maximum atomic E-state index is 13.1. The molecule has 0 radical (unpaired) electrons. The van der Waals surface area contributed by atoms with Gasteiger partial charge in [0.15, 0.2) is 5.78 Å². The van der Waals surface area contributed by atoms with E-state index < -0.39 is 0 Å². The maximum absolute atomic E-state index is 13.1. The van der Waals surface area contributed by atoms with Gasteiger partial charge in [0.1, 0.15) is 5.00 Å². The normalized spacial score (nSPS) is 11.0. The second-order valence-corrected chi connectivity index (χ2v) is 7.09. The topological polar surface area (TPSA) is 20.3 Å². The van der Waals surface area contributed by atoms with E-state index >= 15 is 0 Å². The van der Waals surface area contributed by atoms with E-state index in [1.54, 1.807) is 11.3 Å². The van der Waals surface area contributed by atoms with Gasteiger partial charge in [-0.1, -0.05) is 43.3 Å². The molecule has 0 aliphatic heterocycles. The van der Waals surface area contributed by atoms with E-state index in [1.165, 1.54) is 15.8 Å². The average Bonchev–Trinajstić information content (AvgIpc) is 2.93. The van der Waals surface area contributed by atoms with Crippen LogP contribution in [0.5, 0.6) is 0 Å². The highest BCUT2D eigenvalue weighted by atomic mass is 32.1. The molecule has 0 bridgehead atoms. The van der Waals surface area contributed by atoms with Gasteiger partial charge < -0.3 is 4.90 Å². The van der Waals surface area contributed by atoms with Crippen molar-refractivity contribution in [2.24, 2.45) is 0 Å². The van der Waals surface area contributed by atoms with E-state index in [-0.39, 0.29) is 5.78 Å². The van der Waals surface area contributed by atoms with Gasteiger partial charge in [0.25, 0.3) is 0 Å². The first-order valence-corrected chi connectivity index (χ1v) is 8.67. The number of anilines is 1. The lowest BCUT2D eigenvalue weighted by atomic mass is 9.99. The molecule has 0 spiro atoms. The Morgan fingerprint density at radius 3 is 2.39 bits per heavy atom. The van der Waals surface area contributed by atoms with E-state index in [9.17, 15) is 4.79 Å². The summed E-state index contributed by atoms with van der Waals surface area (Å²) < 4.78 is 1.17. The Morgan fingerprint density at radius 1 is 1.09 bits per heavy atom. The summed E-state index contributed by atoms with van der Waals surface area (Å²) in [4.78, 5) is 15.1. The van der Waals surface area contributed by atoms with Crippen molar-refractivity contribution in [2.45, 2.75) is 20.3 Å². The summed E-state index contributed by atoms with van der Waals surface area (Å²) in [6.07, 6.45) is 0.984. The number of aryl methyl sites for hydroxylation is 2. The van der Waals surface area contributed by atoms with Crippen LogP contribution >= 0.6 is 11.3 Å². The molecule has 118 valence electrons. The van der Waals surface area contributed by atoms with Crippen LogP contribution < -0.4 is 4.90 Å². The molecule has 2 nitrogen and oxygen atoms in total. The molecule has 0 saturated heterocycles. The van der Waals surface area contributed by atoms with Crippen LogP contribution in [0.1, 0.15) is 34.0 Å². The fraction of sp³-hybridized carbons (Fsp3) is 0.250. The number of hydrogen-bond acceptors (Lipinski definition) is 3. The minimum absolute atomic E-state index is 0.103. The molecular formula is C20H21NOS. The number of thiophene rings is 1. The predicted molar refractivity (Wildman–Crippen MR) is 100 cm³/mol. The van der Waals surface area contributed by atoms with Gasteiger partial charge >= 0.3 is 0 Å². The van der Waals surface area contributed by atoms with E-state index in [4.69, 9.17) is 0 Å². The number of carbonyl (C=O) groups excluding carboxylic acids is 1. The molecule has 0 N–H and O–H groups in total. The summed E-state index contributed by atoms with van der Waals surface area (Å²) in [5.74, 6) is 0.103. The smallest absolute Gasteiger partial charge is 0.196 e. The zero-order valence-electron chi connectivity index (χ0n) is 14.0. The van der Waals surface area contributed by atoms with Crippen molar-refractivity contribution in [3.63, 3.8) is 0 Å². The van der Waals surface area contributed by atoms with Gasteiger partial charge in [-0.3, -0.25) is 4.79 Å². The average molecular weight is 323 g/mol. The van der Waals surface area contributed by atoms with Crippen LogP contribution in [-0.2, 0) is 6.42 Å². The third kappa shape index (κ3) is 2.89. The van der Waals surface area contributed by atoms with Crippen LogP contribution in [0.15, 0.2) is 42.5 Å². The lowest BCUT2D eigenvalue weighted by Gasteiger charge is -2.12. The van der Waals surface area contributed by atoms with Crippen molar-refractivity contribution in [1.29, 1.82) is 0 Å². The zero-order valence-corrected chi connectivity index (χ0v) is 14.8. The SMILES string of the molecule is CCc1ccc(C(=O)c2c(N(C)C)sc3cc(C)ccc23)cc1. The quantitative estimate of drug-likeness (QED) is 0.625. The van der Waals surface area contributed by atoms with Crippen LogP contribution in [0.25, 0.3) is 10.1 Å². The standard InChI is InChI=1S/C20H21NOS/c1-5-14-7-9-15(10-8-14)19(22)18-16-11-6-13(2)12-17(16)23-20(18)21(3)4/h6-12H,5H2,1-4H3. The number of nitrogens with zero attached hydrogens (tertiary/aromatic N) is 1. The van der Waals surface area contributed by atoms with Crippen molar-refractivity contribution in [3.8, 4) is 0 Å². The van der Waals surface area contributed by atoms with Crippen molar-refractivity contribution in [2.75, 3.05) is 19.0 Å². The fourth-order valence-corrected chi connectivity index (χ4v) is 3.98. The largest absolute Gasteiger partial charge is 0.369 e. The molecule has 3 aromatic rings.